The van der Waals surface area contributed by atoms with Gasteiger partial charge in [-0.1, -0.05) is 6.07 Å². The van der Waals surface area contributed by atoms with Gasteiger partial charge in [0.05, 0.1) is 18.0 Å². The molecule has 3 rings (SSSR count). The maximum atomic E-state index is 12.9. The summed E-state index contributed by atoms with van der Waals surface area (Å²) in [6.45, 7) is 3.69. The lowest BCUT2D eigenvalue weighted by Gasteiger charge is -2.25. The third-order valence-electron chi connectivity index (χ3n) is 4.56. The smallest absolute Gasteiger partial charge is 0.274 e. The van der Waals surface area contributed by atoms with E-state index in [1.54, 1.807) is 23.5 Å². The molecule has 0 unspecified atom stereocenters. The van der Waals surface area contributed by atoms with E-state index < -0.39 is 0 Å². The van der Waals surface area contributed by atoms with Crippen molar-refractivity contribution in [2.75, 3.05) is 19.7 Å². The molecule has 1 atom stereocenters. The fourth-order valence-corrected chi connectivity index (χ4v) is 3.00. The number of amides is 2. The maximum absolute atomic E-state index is 12.9. The summed E-state index contributed by atoms with van der Waals surface area (Å²) < 4.78 is 5.66. The van der Waals surface area contributed by atoms with Crippen molar-refractivity contribution in [2.24, 2.45) is 0 Å². The molecular weight excluding hydrogens is 358 g/mol. The molecule has 2 amide bonds. The number of rotatable bonds is 8. The van der Waals surface area contributed by atoms with Crippen molar-refractivity contribution in [1.82, 2.24) is 25.2 Å². The Labute approximate surface area is 164 Å². The van der Waals surface area contributed by atoms with Gasteiger partial charge in [-0.3, -0.25) is 19.6 Å². The van der Waals surface area contributed by atoms with Gasteiger partial charge in [0, 0.05) is 51.3 Å². The Bertz CT molecular complexity index is 776. The number of nitrogens with zero attached hydrogens (tertiary/aromatic N) is 4. The van der Waals surface area contributed by atoms with Gasteiger partial charge in [0.1, 0.15) is 5.69 Å². The van der Waals surface area contributed by atoms with E-state index in [2.05, 4.69) is 20.3 Å². The van der Waals surface area contributed by atoms with Gasteiger partial charge < -0.3 is 15.0 Å². The molecule has 0 aromatic carbocycles. The van der Waals surface area contributed by atoms with Gasteiger partial charge in [-0.05, 0) is 31.4 Å². The predicted molar refractivity (Wildman–Crippen MR) is 102 cm³/mol. The van der Waals surface area contributed by atoms with E-state index in [0.717, 1.165) is 24.1 Å². The molecule has 3 heterocycles. The zero-order valence-electron chi connectivity index (χ0n) is 16.0. The summed E-state index contributed by atoms with van der Waals surface area (Å²) in [7, 11) is 0. The van der Waals surface area contributed by atoms with Crippen LogP contribution in [0.3, 0.4) is 0 Å². The van der Waals surface area contributed by atoms with Gasteiger partial charge in [0.2, 0.25) is 5.91 Å². The molecule has 2 aromatic heterocycles. The van der Waals surface area contributed by atoms with Crippen molar-refractivity contribution in [3.8, 4) is 0 Å². The minimum absolute atomic E-state index is 0.000752. The van der Waals surface area contributed by atoms with Crippen LogP contribution in [0.5, 0.6) is 0 Å². The standard InChI is InChI=1S/C20H25N5O3/c1-15-10-23-18(13-22-15)20(27)25(14-17-5-3-9-28-17)8-6-19(26)24-12-16-4-2-7-21-11-16/h2,4,7,10-11,13,17H,3,5-6,8-9,12,14H2,1H3,(H,24,26)/t17-/m0/s1. The highest BCUT2D eigenvalue weighted by Crippen LogP contribution is 2.15. The average Bonchev–Trinajstić information content (AvgIpc) is 3.23. The first-order valence-corrected chi connectivity index (χ1v) is 9.47. The van der Waals surface area contributed by atoms with E-state index in [9.17, 15) is 9.59 Å². The molecule has 0 bridgehead atoms. The molecule has 8 nitrogen and oxygen atoms in total. The quantitative estimate of drug-likeness (QED) is 0.742. The van der Waals surface area contributed by atoms with Crippen LogP contribution in [0.4, 0.5) is 0 Å². The fourth-order valence-electron chi connectivity index (χ4n) is 3.00. The van der Waals surface area contributed by atoms with E-state index in [0.29, 0.717) is 26.2 Å². The Kier molecular flexibility index (Phi) is 7.02. The summed E-state index contributed by atoms with van der Waals surface area (Å²) in [5, 5.41) is 2.86. The lowest BCUT2D eigenvalue weighted by Crippen LogP contribution is -2.40. The number of carbonyl (C=O) groups is 2. The molecule has 8 heteroatoms. The molecular formula is C20H25N5O3. The van der Waals surface area contributed by atoms with Crippen LogP contribution in [-0.4, -0.2) is 57.5 Å². The van der Waals surface area contributed by atoms with Crippen molar-refractivity contribution >= 4 is 11.8 Å². The minimum Gasteiger partial charge on any atom is -0.376 e. The Balaban J connectivity index is 1.57. The van der Waals surface area contributed by atoms with Crippen molar-refractivity contribution in [1.29, 1.82) is 0 Å². The highest BCUT2D eigenvalue weighted by molar-refractivity contribution is 5.92. The third-order valence-corrected chi connectivity index (χ3v) is 4.56. The zero-order chi connectivity index (χ0) is 19.8. The topological polar surface area (TPSA) is 97.3 Å². The molecule has 1 fully saturated rings. The van der Waals surface area contributed by atoms with E-state index >= 15 is 0 Å². The van der Waals surface area contributed by atoms with Gasteiger partial charge >= 0.3 is 0 Å². The zero-order valence-corrected chi connectivity index (χ0v) is 16.0. The number of pyridine rings is 1. The molecule has 0 spiro atoms. The van der Waals surface area contributed by atoms with Crippen molar-refractivity contribution in [3.05, 3.63) is 53.9 Å². The number of ether oxygens (including phenoxy) is 1. The lowest BCUT2D eigenvalue weighted by molar-refractivity contribution is -0.121. The molecule has 0 radical (unpaired) electrons. The second-order valence-electron chi connectivity index (χ2n) is 6.82. The Morgan fingerprint density at radius 3 is 2.86 bits per heavy atom. The monoisotopic (exact) mass is 383 g/mol. The Hall–Kier alpha value is -2.87. The van der Waals surface area contributed by atoms with Crippen molar-refractivity contribution < 1.29 is 14.3 Å². The molecule has 28 heavy (non-hydrogen) atoms. The summed E-state index contributed by atoms with van der Waals surface area (Å²) in [6.07, 6.45) is 8.55. The van der Waals surface area contributed by atoms with Crippen LogP contribution in [0.2, 0.25) is 0 Å². The highest BCUT2D eigenvalue weighted by Gasteiger charge is 2.24. The molecule has 1 saturated heterocycles. The first-order chi connectivity index (χ1) is 13.6. The number of hydrogen-bond donors (Lipinski definition) is 1. The number of aryl methyl sites for hydroxylation is 1. The normalized spacial score (nSPS) is 16.0. The van der Waals surface area contributed by atoms with Crippen molar-refractivity contribution in [3.63, 3.8) is 0 Å². The summed E-state index contributed by atoms with van der Waals surface area (Å²) >= 11 is 0. The average molecular weight is 383 g/mol. The number of nitrogens with one attached hydrogen (secondary N) is 1. The van der Waals surface area contributed by atoms with E-state index in [1.165, 1.54) is 6.20 Å². The van der Waals surface area contributed by atoms with Crippen LogP contribution in [0, 0.1) is 6.92 Å². The lowest BCUT2D eigenvalue weighted by atomic mass is 10.2. The molecule has 0 saturated carbocycles. The Morgan fingerprint density at radius 2 is 2.18 bits per heavy atom. The van der Waals surface area contributed by atoms with E-state index in [1.807, 2.05) is 19.1 Å². The minimum atomic E-state index is -0.233. The maximum Gasteiger partial charge on any atom is 0.274 e. The molecule has 2 aromatic rings. The first kappa shape index (κ1) is 19.9. The van der Waals surface area contributed by atoms with E-state index in [4.69, 9.17) is 4.74 Å². The Morgan fingerprint density at radius 1 is 1.29 bits per heavy atom. The van der Waals surface area contributed by atoms with Gasteiger partial charge in [-0.2, -0.15) is 0 Å². The van der Waals surface area contributed by atoms with Gasteiger partial charge in [0.15, 0.2) is 0 Å². The van der Waals surface area contributed by atoms with Gasteiger partial charge in [-0.25, -0.2) is 4.98 Å². The van der Waals surface area contributed by atoms with Gasteiger partial charge in [-0.15, -0.1) is 0 Å². The first-order valence-electron chi connectivity index (χ1n) is 9.47. The van der Waals surface area contributed by atoms with Crippen LogP contribution in [-0.2, 0) is 16.1 Å². The number of hydrogen-bond acceptors (Lipinski definition) is 6. The SMILES string of the molecule is Cc1cnc(C(=O)N(CCC(=O)NCc2cccnc2)C[C@@H]2CCCO2)cn1. The highest BCUT2D eigenvalue weighted by atomic mass is 16.5. The fraction of sp³-hybridized carbons (Fsp3) is 0.450. The van der Waals surface area contributed by atoms with Crippen LogP contribution in [0.25, 0.3) is 0 Å². The second-order valence-corrected chi connectivity index (χ2v) is 6.82. The van der Waals surface area contributed by atoms with Crippen LogP contribution in [0.1, 0.15) is 41.0 Å². The number of aromatic nitrogens is 3. The molecule has 1 N–H and O–H groups in total. The van der Waals surface area contributed by atoms with Crippen LogP contribution in [0.15, 0.2) is 36.9 Å². The van der Waals surface area contributed by atoms with Crippen LogP contribution < -0.4 is 5.32 Å². The molecule has 1 aliphatic rings. The van der Waals surface area contributed by atoms with E-state index in [-0.39, 0.29) is 30.0 Å². The molecule has 148 valence electrons. The summed E-state index contributed by atoms with van der Waals surface area (Å²) in [5.41, 5.74) is 1.95. The summed E-state index contributed by atoms with van der Waals surface area (Å²) in [5.74, 6) is -0.355. The second kappa shape index (κ2) is 9.89. The summed E-state index contributed by atoms with van der Waals surface area (Å²) in [6, 6.07) is 3.72. The predicted octanol–water partition coefficient (Wildman–Crippen LogP) is 1.51. The largest absolute Gasteiger partial charge is 0.376 e. The van der Waals surface area contributed by atoms with Crippen LogP contribution >= 0.6 is 0 Å². The van der Waals surface area contributed by atoms with Crippen molar-refractivity contribution in [2.45, 2.75) is 38.8 Å². The molecule has 0 aliphatic carbocycles. The molecule has 1 aliphatic heterocycles. The van der Waals surface area contributed by atoms with Gasteiger partial charge in [0.25, 0.3) is 5.91 Å². The summed E-state index contributed by atoms with van der Waals surface area (Å²) in [4.78, 5) is 39.1. The number of carbonyl (C=O) groups excluding carboxylic acids is 2. The third kappa shape index (κ3) is 5.82.